The second kappa shape index (κ2) is 38.1. The normalized spacial score (nSPS) is 31.6. The van der Waals surface area contributed by atoms with Crippen LogP contribution < -0.4 is 31.9 Å². The number of ether oxygens (including phenoxy) is 5. The number of nitrogens with one attached hydrogen (secondary N) is 6. The van der Waals surface area contributed by atoms with Gasteiger partial charge in [0.25, 0.3) is 0 Å². The summed E-state index contributed by atoms with van der Waals surface area (Å²) in [6.07, 6.45) is -16.1. The SMILES string of the molecule is C.CC(=O)O[C@H]1[C@H](C)[C@H](C)CO[C@@H]1N=C=S.O=C(O)C(CCNC(=S)N[C@H]1OC[C@@H](O)[C@@H](O)[C@@H]1O)N1CCN(CCCNC(=S)N[C@H]2OC[C@@H](O)[C@@H](O)[C@@H]2O)CCN(C(CCNC(=S)N[C@H]2OC[C@@H](O)[C@@H](O)[C@@H]2O)C(=O)O)Cc2cccc(n2)C1.[Mn]. The van der Waals surface area contributed by atoms with Crippen molar-refractivity contribution < 1.29 is 111 Å². The van der Waals surface area contributed by atoms with Crippen LogP contribution in [0.2, 0.25) is 0 Å². The number of carbonyl (C=O) groups is 3. The summed E-state index contributed by atoms with van der Waals surface area (Å²) in [6.45, 7) is 7.65. The fourth-order valence-corrected chi connectivity index (χ4v) is 10.5. The standard InChI is InChI=1S/C40H66N10O16S3.C10H15NO3S.CH4.Mn/c51-24-17-64-33(30(57)27(24)54)45-38(67)41-7-2-10-48-11-13-49(22(36(60)61)5-8-42-39(68)46-34-31(58)28(55)25(52)18-65-34)15-20-3-1-4-21(44-20)16-50(14-12-48)23(37(62)63)6-9-43-40(69)47-35-32(59)29(56)26(53)19-66-35;1-6-4-13-10(11-5-15)9(7(6)2)14-8(3)12;;/h1,3-4,22-35,51-59H,2,5-19H2,(H,60,61)(H,62,63)(H2,41,45,67)(H2,42,46,68)(H2,43,47,69);6-7,9-10H,4H2,1-3H3;1H4;/t22?,23?,24-,25-,26-,27-,28-,29-,30+,31+,32+,33+,34+,35+;6-,7-,9+,10+;;/m11../s1. The molecule has 6 heterocycles. The van der Waals surface area contributed by atoms with Gasteiger partial charge >= 0.3 is 17.9 Å². The number of nitrogens with zero attached hydrogens (tertiary/aromatic N) is 5. The van der Waals surface area contributed by atoms with E-state index >= 15 is 0 Å². The Kier molecular flexibility index (Phi) is 33.9. The molecular weight excluding hydrogens is 1250 g/mol. The first kappa shape index (κ1) is 76.6. The number of hydrogen-bond donors (Lipinski definition) is 17. The Morgan fingerprint density at radius 2 is 1.07 bits per heavy atom. The minimum absolute atomic E-state index is 0. The van der Waals surface area contributed by atoms with E-state index in [4.69, 9.17) is 65.3 Å². The average molecular weight is 1340 g/mol. The van der Waals surface area contributed by atoms with E-state index in [9.17, 15) is 70.6 Å². The van der Waals surface area contributed by atoms with Crippen LogP contribution in [0.3, 0.4) is 0 Å². The van der Waals surface area contributed by atoms with Gasteiger partial charge in [0.05, 0.1) is 43.0 Å². The zero-order valence-corrected chi connectivity index (χ0v) is 51.5. The van der Waals surface area contributed by atoms with Crippen molar-refractivity contribution in [3.05, 3.63) is 29.6 Å². The average Bonchev–Trinajstić information content (AvgIpc) is 3.46. The Morgan fingerprint density at radius 3 is 1.45 bits per heavy atom. The number of fused-ring (bicyclic) bond motifs is 2. The molecule has 0 aliphatic carbocycles. The molecule has 18 atom stereocenters. The number of carbonyl (C=O) groups excluding carboxylic acids is 1. The largest absolute Gasteiger partial charge is 0.480 e. The number of thiocarbonyl (C=S) groups is 4. The number of aliphatic hydroxyl groups is 9. The van der Waals surface area contributed by atoms with Crippen molar-refractivity contribution in [2.45, 2.75) is 159 Å². The van der Waals surface area contributed by atoms with E-state index in [0.717, 1.165) is 0 Å². The van der Waals surface area contributed by atoms with Crippen LogP contribution in [0.15, 0.2) is 23.2 Å². The number of hydrogen-bond acceptors (Lipinski definition) is 26. The topological polar surface area (TPSA) is 427 Å². The van der Waals surface area contributed by atoms with E-state index in [1.807, 2.05) is 6.92 Å². The molecule has 489 valence electrons. The van der Waals surface area contributed by atoms with Gasteiger partial charge in [-0.25, -0.2) is 0 Å². The number of aromatic nitrogens is 1. The van der Waals surface area contributed by atoms with E-state index in [1.54, 1.807) is 28.0 Å². The number of rotatable bonds is 19. The summed E-state index contributed by atoms with van der Waals surface area (Å²) in [5.41, 5.74) is 1.07. The molecular formula is C51H85MnN11O19S4. The smallest absolute Gasteiger partial charge is 0.320 e. The third-order valence-electron chi connectivity index (χ3n) is 14.8. The number of esters is 1. The molecule has 5 aliphatic heterocycles. The maximum absolute atomic E-state index is 13.0. The van der Waals surface area contributed by atoms with Crippen LogP contribution in [0.4, 0.5) is 0 Å². The molecule has 1 aromatic rings. The van der Waals surface area contributed by atoms with Crippen LogP contribution in [0, 0.1) is 11.8 Å². The molecule has 30 nitrogen and oxygen atoms in total. The molecule has 0 aromatic carbocycles. The zero-order chi connectivity index (χ0) is 61.8. The maximum Gasteiger partial charge on any atom is 0.320 e. The number of isothiocyanates is 1. The third-order valence-corrected chi connectivity index (χ3v) is 15.7. The number of carboxylic acid groups (broad SMARTS) is 2. The second-order valence-electron chi connectivity index (χ2n) is 21.0. The zero-order valence-electron chi connectivity index (χ0n) is 47.1. The van der Waals surface area contributed by atoms with Crippen molar-refractivity contribution in [3.63, 3.8) is 0 Å². The third kappa shape index (κ3) is 23.6. The van der Waals surface area contributed by atoms with Crippen LogP contribution >= 0.6 is 48.9 Å². The van der Waals surface area contributed by atoms with Gasteiger partial charge in [-0.15, -0.1) is 0 Å². The first-order chi connectivity index (χ1) is 39.9. The fraction of sp³-hybridized carbons (Fsp3) is 0.765. The molecule has 17 N–H and O–H groups in total. The second-order valence-corrected chi connectivity index (χ2v) is 22.4. The Labute approximate surface area is 531 Å². The first-order valence-electron chi connectivity index (χ1n) is 27.5. The molecule has 35 heteroatoms. The summed E-state index contributed by atoms with van der Waals surface area (Å²) in [5.74, 6) is -1.99. The van der Waals surface area contributed by atoms with E-state index in [0.29, 0.717) is 56.5 Å². The van der Waals surface area contributed by atoms with Crippen molar-refractivity contribution in [2.24, 2.45) is 16.8 Å². The number of aliphatic hydroxyl groups excluding tert-OH is 9. The van der Waals surface area contributed by atoms with Crippen molar-refractivity contribution in [3.8, 4) is 0 Å². The van der Waals surface area contributed by atoms with Gasteiger partial charge in [-0.1, -0.05) is 27.3 Å². The molecule has 2 bridgehead atoms. The molecule has 1 radical (unpaired) electrons. The minimum Gasteiger partial charge on any atom is -0.480 e. The molecule has 5 aliphatic rings. The van der Waals surface area contributed by atoms with Gasteiger partial charge in [0, 0.05) is 88.8 Å². The number of pyridine rings is 1. The van der Waals surface area contributed by atoms with Gasteiger partial charge in [-0.05, 0) is 92.7 Å². The molecule has 86 heavy (non-hydrogen) atoms. The summed E-state index contributed by atoms with van der Waals surface area (Å²) in [6, 6.07) is 3.18. The van der Waals surface area contributed by atoms with E-state index in [-0.39, 0.29) is 130 Å². The van der Waals surface area contributed by atoms with E-state index in [2.05, 4.69) is 66.1 Å². The van der Waals surface area contributed by atoms with Crippen molar-refractivity contribution in [1.82, 2.24) is 51.6 Å². The number of carboxylic acids is 2. The van der Waals surface area contributed by atoms with Gasteiger partial charge in [0.2, 0.25) is 0 Å². The molecule has 6 rings (SSSR count). The molecule has 0 amide bonds. The first-order valence-corrected chi connectivity index (χ1v) is 29.1. The number of aliphatic carboxylic acids is 2. The van der Waals surface area contributed by atoms with Crippen LogP contribution in [0.1, 0.15) is 58.8 Å². The van der Waals surface area contributed by atoms with Crippen molar-refractivity contribution in [2.75, 3.05) is 78.8 Å². The summed E-state index contributed by atoms with van der Waals surface area (Å²) in [5, 5.41) is 131. The maximum atomic E-state index is 13.0. The Morgan fingerprint density at radius 1 is 0.663 bits per heavy atom. The Bertz CT molecular complexity index is 2280. The molecule has 4 fully saturated rings. The number of aliphatic imine (C=N–C) groups is 1. The van der Waals surface area contributed by atoms with Gasteiger partial charge in [0.1, 0.15) is 67.0 Å². The van der Waals surface area contributed by atoms with Gasteiger partial charge in [-0.2, -0.15) is 4.99 Å². The van der Waals surface area contributed by atoms with E-state index < -0.39 is 104 Å². The predicted molar refractivity (Wildman–Crippen MR) is 318 cm³/mol. The van der Waals surface area contributed by atoms with E-state index in [1.165, 1.54) is 6.92 Å². The summed E-state index contributed by atoms with van der Waals surface area (Å²) < 4.78 is 26.7. The monoisotopic (exact) mass is 1340 g/mol. The van der Waals surface area contributed by atoms with Crippen LogP contribution in [0.25, 0.3) is 0 Å². The minimum atomic E-state index is -1.48. The summed E-state index contributed by atoms with van der Waals surface area (Å²) in [7, 11) is 0. The van der Waals surface area contributed by atoms with Crippen LogP contribution in [0.5, 0.6) is 0 Å². The summed E-state index contributed by atoms with van der Waals surface area (Å²) in [4.78, 5) is 51.2. The molecule has 2 unspecified atom stereocenters. The molecule has 0 saturated carbocycles. The Hall–Kier alpha value is -3.69. The summed E-state index contributed by atoms with van der Waals surface area (Å²) >= 11 is 20.6. The molecule has 0 spiro atoms. The Balaban J connectivity index is 0.000000991. The van der Waals surface area contributed by atoms with Crippen LogP contribution in [-0.4, -0.2) is 291 Å². The van der Waals surface area contributed by atoms with Crippen molar-refractivity contribution in [1.29, 1.82) is 0 Å². The molecule has 4 saturated heterocycles. The quantitative estimate of drug-likeness (QED) is 0.0203. The molecule has 1 aromatic heterocycles. The van der Waals surface area contributed by atoms with Gasteiger partial charge in [0.15, 0.2) is 46.4 Å². The van der Waals surface area contributed by atoms with Crippen molar-refractivity contribution >= 4 is 87.3 Å². The van der Waals surface area contributed by atoms with Gasteiger partial charge in [-0.3, -0.25) is 29.2 Å². The van der Waals surface area contributed by atoms with Crippen LogP contribution in [-0.2, 0) is 68.2 Å². The fourth-order valence-electron chi connectivity index (χ4n) is 9.70. The predicted octanol–water partition coefficient (Wildman–Crippen LogP) is -4.93. The van der Waals surface area contributed by atoms with Gasteiger partial charge < -0.3 is 117 Å².